The second kappa shape index (κ2) is 6.43. The molecular weight excluding hydrogens is 339 g/mol. The Bertz CT molecular complexity index is 722. The van der Waals surface area contributed by atoms with Crippen molar-refractivity contribution in [2.45, 2.75) is 13.1 Å². The van der Waals surface area contributed by atoms with E-state index in [-0.39, 0.29) is 16.5 Å². The number of aromatic nitrogens is 1. The lowest BCUT2D eigenvalue weighted by Gasteiger charge is -2.36. The standard InChI is InChI=1S/C16H16F3N3OS/c1-11-13(24-15(20-11)16(17,18)19)14(23)22-9-7-21(8-10-22)12-5-3-2-4-6-12/h2-6H,7-10H2,1H3. The predicted octanol–water partition coefficient (Wildman–Crippen LogP) is 3.43. The number of hydrogen-bond acceptors (Lipinski definition) is 4. The van der Waals surface area contributed by atoms with Gasteiger partial charge in [-0.1, -0.05) is 18.2 Å². The van der Waals surface area contributed by atoms with Crippen LogP contribution in [-0.2, 0) is 6.18 Å². The molecule has 1 saturated heterocycles. The van der Waals surface area contributed by atoms with Gasteiger partial charge in [0.15, 0.2) is 5.01 Å². The number of carbonyl (C=O) groups is 1. The van der Waals surface area contributed by atoms with Crippen molar-refractivity contribution < 1.29 is 18.0 Å². The van der Waals surface area contributed by atoms with E-state index >= 15 is 0 Å². The van der Waals surface area contributed by atoms with Gasteiger partial charge in [-0.15, -0.1) is 11.3 Å². The van der Waals surface area contributed by atoms with E-state index in [4.69, 9.17) is 0 Å². The molecule has 8 heteroatoms. The molecule has 1 amide bonds. The fraction of sp³-hybridized carbons (Fsp3) is 0.375. The van der Waals surface area contributed by atoms with Crippen LogP contribution in [0.5, 0.6) is 0 Å². The van der Waals surface area contributed by atoms with Crippen LogP contribution in [0.1, 0.15) is 20.4 Å². The zero-order valence-corrected chi connectivity index (χ0v) is 13.8. The van der Waals surface area contributed by atoms with E-state index in [1.807, 2.05) is 30.3 Å². The Balaban J connectivity index is 1.69. The highest BCUT2D eigenvalue weighted by atomic mass is 32.1. The molecule has 2 heterocycles. The van der Waals surface area contributed by atoms with E-state index in [1.165, 1.54) is 6.92 Å². The van der Waals surface area contributed by atoms with E-state index < -0.39 is 11.2 Å². The molecule has 4 nitrogen and oxygen atoms in total. The van der Waals surface area contributed by atoms with Crippen molar-refractivity contribution in [1.82, 2.24) is 9.88 Å². The Morgan fingerprint density at radius 1 is 1.12 bits per heavy atom. The van der Waals surface area contributed by atoms with Gasteiger partial charge in [0.05, 0.1) is 5.69 Å². The summed E-state index contributed by atoms with van der Waals surface area (Å²) in [5.74, 6) is -0.367. The zero-order chi connectivity index (χ0) is 17.3. The number of hydrogen-bond donors (Lipinski definition) is 0. The predicted molar refractivity (Wildman–Crippen MR) is 86.4 cm³/mol. The van der Waals surface area contributed by atoms with Crippen LogP contribution >= 0.6 is 11.3 Å². The van der Waals surface area contributed by atoms with E-state index in [2.05, 4.69) is 9.88 Å². The van der Waals surface area contributed by atoms with Gasteiger partial charge in [0, 0.05) is 31.9 Å². The Kier molecular flexibility index (Phi) is 4.49. The first-order valence-corrected chi connectivity index (χ1v) is 8.32. The molecule has 24 heavy (non-hydrogen) atoms. The summed E-state index contributed by atoms with van der Waals surface area (Å²) in [6.07, 6.45) is -4.51. The summed E-state index contributed by atoms with van der Waals surface area (Å²) >= 11 is 0.424. The number of benzene rings is 1. The number of halogens is 3. The van der Waals surface area contributed by atoms with E-state index in [0.29, 0.717) is 37.5 Å². The molecule has 3 rings (SSSR count). The highest BCUT2D eigenvalue weighted by Gasteiger charge is 2.37. The molecule has 0 bridgehead atoms. The van der Waals surface area contributed by atoms with Gasteiger partial charge in [0.25, 0.3) is 5.91 Å². The average molecular weight is 355 g/mol. The van der Waals surface area contributed by atoms with Crippen molar-refractivity contribution in [3.8, 4) is 0 Å². The van der Waals surface area contributed by atoms with Crippen LogP contribution in [0, 0.1) is 6.92 Å². The third-order valence-corrected chi connectivity index (χ3v) is 5.11. The summed E-state index contributed by atoms with van der Waals surface area (Å²) in [4.78, 5) is 19.8. The normalized spacial score (nSPS) is 15.7. The lowest BCUT2D eigenvalue weighted by atomic mass is 10.2. The molecule has 0 aliphatic carbocycles. The number of carbonyl (C=O) groups excluding carboxylic acids is 1. The number of para-hydroxylation sites is 1. The Morgan fingerprint density at radius 3 is 2.29 bits per heavy atom. The van der Waals surface area contributed by atoms with Gasteiger partial charge in [-0.25, -0.2) is 4.98 Å². The summed E-state index contributed by atoms with van der Waals surface area (Å²) in [7, 11) is 0. The van der Waals surface area contributed by atoms with Gasteiger partial charge in [-0.05, 0) is 19.1 Å². The number of aryl methyl sites for hydroxylation is 1. The van der Waals surface area contributed by atoms with Gasteiger partial charge < -0.3 is 9.80 Å². The zero-order valence-electron chi connectivity index (χ0n) is 13.0. The summed E-state index contributed by atoms with van der Waals surface area (Å²) < 4.78 is 38.2. The molecule has 2 aromatic rings. The molecule has 0 radical (unpaired) electrons. The Morgan fingerprint density at radius 2 is 1.75 bits per heavy atom. The van der Waals surface area contributed by atoms with E-state index in [1.54, 1.807) is 4.90 Å². The Labute approximate surface area is 141 Å². The minimum Gasteiger partial charge on any atom is -0.368 e. The van der Waals surface area contributed by atoms with Crippen molar-refractivity contribution in [1.29, 1.82) is 0 Å². The molecule has 0 atom stereocenters. The minimum absolute atomic E-state index is 0.0792. The highest BCUT2D eigenvalue weighted by Crippen LogP contribution is 2.34. The molecule has 1 aromatic carbocycles. The van der Waals surface area contributed by atoms with Crippen molar-refractivity contribution >= 4 is 22.9 Å². The van der Waals surface area contributed by atoms with Gasteiger partial charge in [-0.3, -0.25) is 4.79 Å². The van der Waals surface area contributed by atoms with E-state index in [9.17, 15) is 18.0 Å². The summed E-state index contributed by atoms with van der Waals surface area (Å²) in [6.45, 7) is 3.71. The van der Waals surface area contributed by atoms with Crippen molar-refractivity contribution in [2.24, 2.45) is 0 Å². The molecule has 128 valence electrons. The maximum absolute atomic E-state index is 12.7. The van der Waals surface area contributed by atoms with E-state index in [0.717, 1.165) is 5.69 Å². The van der Waals surface area contributed by atoms with Gasteiger partial charge in [0.1, 0.15) is 4.88 Å². The monoisotopic (exact) mass is 355 g/mol. The smallest absolute Gasteiger partial charge is 0.368 e. The van der Waals surface area contributed by atoms with Crippen molar-refractivity contribution in [2.75, 3.05) is 31.1 Å². The lowest BCUT2D eigenvalue weighted by molar-refractivity contribution is -0.137. The molecule has 1 fully saturated rings. The molecule has 0 spiro atoms. The topological polar surface area (TPSA) is 36.4 Å². The van der Waals surface area contributed by atoms with Crippen LogP contribution < -0.4 is 4.90 Å². The number of amides is 1. The largest absolute Gasteiger partial charge is 0.443 e. The van der Waals surface area contributed by atoms with Crippen LogP contribution in [0.25, 0.3) is 0 Å². The maximum atomic E-state index is 12.7. The maximum Gasteiger partial charge on any atom is 0.443 e. The Hall–Kier alpha value is -2.09. The van der Waals surface area contributed by atoms with Gasteiger partial charge in [0.2, 0.25) is 0 Å². The van der Waals surface area contributed by atoms with Crippen LogP contribution in [0.15, 0.2) is 30.3 Å². The molecule has 1 aliphatic heterocycles. The third kappa shape index (κ3) is 3.38. The number of nitrogens with zero attached hydrogens (tertiary/aromatic N) is 3. The fourth-order valence-electron chi connectivity index (χ4n) is 2.67. The second-order valence-electron chi connectivity index (χ2n) is 5.55. The average Bonchev–Trinajstić information content (AvgIpc) is 2.97. The molecule has 1 aliphatic rings. The molecular formula is C16H16F3N3OS. The summed E-state index contributed by atoms with van der Waals surface area (Å²) in [6, 6.07) is 9.84. The van der Waals surface area contributed by atoms with Gasteiger partial charge >= 0.3 is 6.18 Å². The molecule has 0 N–H and O–H groups in total. The first kappa shape index (κ1) is 16.8. The van der Waals surface area contributed by atoms with Crippen LogP contribution in [0.2, 0.25) is 0 Å². The number of thiazole rings is 1. The second-order valence-corrected chi connectivity index (χ2v) is 6.55. The lowest BCUT2D eigenvalue weighted by Crippen LogP contribution is -2.48. The summed E-state index contributed by atoms with van der Waals surface area (Å²) in [5.41, 5.74) is 1.22. The summed E-state index contributed by atoms with van der Waals surface area (Å²) in [5, 5.41) is -0.966. The molecule has 1 aromatic heterocycles. The molecule has 0 unspecified atom stereocenters. The fourth-order valence-corrected chi connectivity index (χ4v) is 3.57. The molecule has 0 saturated carbocycles. The quantitative estimate of drug-likeness (QED) is 0.828. The van der Waals surface area contributed by atoms with Crippen molar-refractivity contribution in [3.63, 3.8) is 0 Å². The number of rotatable bonds is 2. The first-order valence-electron chi connectivity index (χ1n) is 7.50. The van der Waals surface area contributed by atoms with Gasteiger partial charge in [-0.2, -0.15) is 13.2 Å². The third-order valence-electron chi connectivity index (χ3n) is 3.92. The minimum atomic E-state index is -4.51. The van der Waals surface area contributed by atoms with Crippen LogP contribution in [0.3, 0.4) is 0 Å². The number of piperazine rings is 1. The SMILES string of the molecule is Cc1nc(C(F)(F)F)sc1C(=O)N1CCN(c2ccccc2)CC1. The van der Waals surface area contributed by atoms with Crippen LogP contribution in [-0.4, -0.2) is 42.0 Å². The first-order chi connectivity index (χ1) is 11.4. The van der Waals surface area contributed by atoms with Crippen molar-refractivity contribution in [3.05, 3.63) is 45.9 Å². The highest BCUT2D eigenvalue weighted by molar-refractivity contribution is 7.13. The number of alkyl halides is 3. The van der Waals surface area contributed by atoms with Crippen LogP contribution in [0.4, 0.5) is 18.9 Å². The number of anilines is 1.